The van der Waals surface area contributed by atoms with Crippen molar-refractivity contribution in [1.82, 2.24) is 4.72 Å². The Morgan fingerprint density at radius 3 is 2.42 bits per heavy atom. The molecule has 3 nitrogen and oxygen atoms in total. The second kappa shape index (κ2) is 4.13. The Labute approximate surface area is 76.0 Å². The minimum atomic E-state index is -0.934. The molecule has 0 aliphatic rings. The van der Waals surface area contributed by atoms with Gasteiger partial charge in [-0.3, -0.25) is 4.79 Å². The van der Waals surface area contributed by atoms with Crippen molar-refractivity contribution in [3.8, 4) is 0 Å². The summed E-state index contributed by atoms with van der Waals surface area (Å²) in [6.45, 7) is 0. The molecule has 1 aromatic carbocycles. The van der Waals surface area contributed by atoms with Gasteiger partial charge >= 0.3 is 5.97 Å². The molecule has 1 rings (SSSR count). The van der Waals surface area contributed by atoms with Gasteiger partial charge in [0.05, 0.1) is 0 Å². The third kappa shape index (κ3) is 1.99. The molecule has 0 aliphatic heterocycles. The van der Waals surface area contributed by atoms with E-state index < -0.39 is 12.0 Å². The van der Waals surface area contributed by atoms with Crippen molar-refractivity contribution in [1.29, 1.82) is 0 Å². The third-order valence-electron chi connectivity index (χ3n) is 1.51. The molecule has 12 heavy (non-hydrogen) atoms. The van der Waals surface area contributed by atoms with Gasteiger partial charge in [-0.2, -0.15) is 0 Å². The third-order valence-corrected chi connectivity index (χ3v) is 1.77. The average molecular weight is 183 g/mol. The predicted molar refractivity (Wildman–Crippen MR) is 48.9 cm³/mol. The van der Waals surface area contributed by atoms with E-state index in [2.05, 4.69) is 17.5 Å². The topological polar surface area (TPSA) is 49.3 Å². The van der Waals surface area contributed by atoms with Gasteiger partial charge in [0.25, 0.3) is 0 Å². The normalized spacial score (nSPS) is 12.4. The van der Waals surface area contributed by atoms with Gasteiger partial charge in [-0.05, 0) is 5.56 Å². The summed E-state index contributed by atoms with van der Waals surface area (Å²) < 4.78 is 2.41. The molecule has 0 unspecified atom stereocenters. The molecule has 0 aromatic heterocycles. The van der Waals surface area contributed by atoms with Crippen LogP contribution in [0, 0.1) is 0 Å². The van der Waals surface area contributed by atoms with Crippen molar-refractivity contribution in [3.05, 3.63) is 35.9 Å². The molecule has 0 saturated heterocycles. The van der Waals surface area contributed by atoms with E-state index in [1.165, 1.54) is 0 Å². The number of hydrogen-bond acceptors (Lipinski definition) is 3. The van der Waals surface area contributed by atoms with Gasteiger partial charge in [-0.15, -0.1) is 0 Å². The van der Waals surface area contributed by atoms with Crippen LogP contribution in [0.15, 0.2) is 30.3 Å². The summed E-state index contributed by atoms with van der Waals surface area (Å²) in [6.07, 6.45) is 0. The second-order valence-corrected chi connectivity index (χ2v) is 2.57. The molecule has 0 spiro atoms. The van der Waals surface area contributed by atoms with E-state index >= 15 is 0 Å². The zero-order chi connectivity index (χ0) is 8.97. The SMILES string of the molecule is O=C(O)[C@H](NS)c1ccccc1. The van der Waals surface area contributed by atoms with E-state index in [-0.39, 0.29) is 0 Å². The van der Waals surface area contributed by atoms with Crippen LogP contribution in [0.4, 0.5) is 0 Å². The molecular weight excluding hydrogens is 174 g/mol. The summed E-state index contributed by atoms with van der Waals surface area (Å²) >= 11 is 3.74. The van der Waals surface area contributed by atoms with Gasteiger partial charge in [-0.25, -0.2) is 4.72 Å². The van der Waals surface area contributed by atoms with Crippen molar-refractivity contribution >= 4 is 18.8 Å². The first-order valence-electron chi connectivity index (χ1n) is 3.43. The highest BCUT2D eigenvalue weighted by Gasteiger charge is 2.16. The van der Waals surface area contributed by atoms with Crippen LogP contribution < -0.4 is 4.72 Å². The van der Waals surface area contributed by atoms with E-state index in [0.29, 0.717) is 5.56 Å². The molecular formula is C8H9NO2S. The Bertz CT molecular complexity index is 263. The summed E-state index contributed by atoms with van der Waals surface area (Å²) in [6, 6.07) is 8.15. The first-order valence-corrected chi connectivity index (χ1v) is 3.88. The highest BCUT2D eigenvalue weighted by atomic mass is 32.1. The molecule has 0 heterocycles. The van der Waals surface area contributed by atoms with Crippen molar-refractivity contribution < 1.29 is 9.90 Å². The maximum atomic E-state index is 10.6. The fourth-order valence-corrected chi connectivity index (χ4v) is 1.18. The van der Waals surface area contributed by atoms with Crippen molar-refractivity contribution in [2.45, 2.75) is 6.04 Å². The molecule has 4 heteroatoms. The quantitative estimate of drug-likeness (QED) is 0.618. The summed E-state index contributed by atoms with van der Waals surface area (Å²) in [7, 11) is 0. The molecule has 2 N–H and O–H groups in total. The Hall–Kier alpha value is -1.00. The van der Waals surface area contributed by atoms with Crippen LogP contribution in [-0.4, -0.2) is 11.1 Å². The second-order valence-electron chi connectivity index (χ2n) is 2.31. The molecule has 64 valence electrons. The first kappa shape index (κ1) is 9.09. The molecule has 0 bridgehead atoms. The van der Waals surface area contributed by atoms with Gasteiger partial charge in [0, 0.05) is 0 Å². The van der Waals surface area contributed by atoms with Gasteiger partial charge in [-0.1, -0.05) is 43.1 Å². The number of hydrogen-bond donors (Lipinski definition) is 3. The number of benzene rings is 1. The number of rotatable bonds is 3. The summed E-state index contributed by atoms with van der Waals surface area (Å²) in [5, 5.41) is 8.72. The van der Waals surface area contributed by atoms with E-state index in [9.17, 15) is 4.79 Å². The van der Waals surface area contributed by atoms with Crippen molar-refractivity contribution in [3.63, 3.8) is 0 Å². The summed E-state index contributed by atoms with van der Waals surface area (Å²) in [5.41, 5.74) is 0.694. The first-order chi connectivity index (χ1) is 5.75. The maximum absolute atomic E-state index is 10.6. The largest absolute Gasteiger partial charge is 0.480 e. The number of carbonyl (C=O) groups is 1. The summed E-state index contributed by atoms with van der Waals surface area (Å²) in [4.78, 5) is 10.6. The Morgan fingerprint density at radius 1 is 1.42 bits per heavy atom. The fraction of sp³-hybridized carbons (Fsp3) is 0.125. The number of thiol groups is 1. The van der Waals surface area contributed by atoms with E-state index in [0.717, 1.165) is 0 Å². The van der Waals surface area contributed by atoms with Gasteiger partial charge < -0.3 is 5.11 Å². The van der Waals surface area contributed by atoms with E-state index in [4.69, 9.17) is 5.11 Å². The lowest BCUT2D eigenvalue weighted by Crippen LogP contribution is -2.21. The van der Waals surface area contributed by atoms with Crippen LogP contribution in [-0.2, 0) is 4.79 Å². The van der Waals surface area contributed by atoms with Gasteiger partial charge in [0.1, 0.15) is 6.04 Å². The highest BCUT2D eigenvalue weighted by Crippen LogP contribution is 2.12. The smallest absolute Gasteiger partial charge is 0.326 e. The van der Waals surface area contributed by atoms with Crippen LogP contribution >= 0.6 is 12.8 Å². The molecule has 1 aromatic rings. The zero-order valence-electron chi connectivity index (χ0n) is 6.27. The minimum Gasteiger partial charge on any atom is -0.480 e. The molecule has 0 aliphatic carbocycles. The lowest BCUT2D eigenvalue weighted by Gasteiger charge is -2.09. The Morgan fingerprint density at radius 2 is 2.00 bits per heavy atom. The van der Waals surface area contributed by atoms with Crippen LogP contribution in [0.25, 0.3) is 0 Å². The number of carboxylic acid groups (broad SMARTS) is 1. The van der Waals surface area contributed by atoms with Crippen LogP contribution in [0.3, 0.4) is 0 Å². The lowest BCUT2D eigenvalue weighted by atomic mass is 10.1. The average Bonchev–Trinajstić information content (AvgIpc) is 2.07. The summed E-state index contributed by atoms with van der Waals surface area (Å²) in [5.74, 6) is -0.934. The van der Waals surface area contributed by atoms with Crippen LogP contribution in [0.2, 0.25) is 0 Å². The van der Waals surface area contributed by atoms with Gasteiger partial charge in [0.15, 0.2) is 0 Å². The predicted octanol–water partition coefficient (Wildman–Crippen LogP) is 1.25. The fourth-order valence-electron chi connectivity index (χ4n) is 0.918. The standard InChI is InChI=1S/C8H9NO2S/c10-8(11)7(9-12)6-4-2-1-3-5-6/h1-5,7,9,12H,(H,10,11)/t7-/m1/s1. The van der Waals surface area contributed by atoms with E-state index in [1.54, 1.807) is 24.3 Å². The lowest BCUT2D eigenvalue weighted by molar-refractivity contribution is -0.139. The Balaban J connectivity index is 2.88. The number of nitrogens with one attached hydrogen (secondary N) is 1. The van der Waals surface area contributed by atoms with E-state index in [1.807, 2.05) is 6.07 Å². The highest BCUT2D eigenvalue weighted by molar-refractivity contribution is 7.78. The Kier molecular flexibility index (Phi) is 3.13. The molecule has 1 atom stereocenters. The van der Waals surface area contributed by atoms with Crippen LogP contribution in [0.5, 0.6) is 0 Å². The minimum absolute atomic E-state index is 0.694. The van der Waals surface area contributed by atoms with Crippen molar-refractivity contribution in [2.75, 3.05) is 0 Å². The van der Waals surface area contributed by atoms with Crippen molar-refractivity contribution in [2.24, 2.45) is 0 Å². The maximum Gasteiger partial charge on any atom is 0.326 e. The monoisotopic (exact) mass is 183 g/mol. The number of carboxylic acids is 1. The van der Waals surface area contributed by atoms with Crippen LogP contribution in [0.1, 0.15) is 11.6 Å². The number of aliphatic carboxylic acids is 1. The zero-order valence-corrected chi connectivity index (χ0v) is 7.16. The molecule has 0 fully saturated rings. The van der Waals surface area contributed by atoms with Gasteiger partial charge in [0.2, 0.25) is 0 Å². The molecule has 0 radical (unpaired) electrons. The molecule has 0 saturated carbocycles. The molecule has 0 amide bonds.